The summed E-state index contributed by atoms with van der Waals surface area (Å²) < 4.78 is 11.4. The summed E-state index contributed by atoms with van der Waals surface area (Å²) in [5.41, 5.74) is 0.123. The highest BCUT2D eigenvalue weighted by molar-refractivity contribution is 5.92. The number of rotatable bonds is 7. The first kappa shape index (κ1) is 21.4. The molecule has 5 nitrogen and oxygen atoms in total. The summed E-state index contributed by atoms with van der Waals surface area (Å²) in [6, 6.07) is -0.253. The average molecular weight is 351 g/mol. The van der Waals surface area contributed by atoms with Crippen molar-refractivity contribution in [1.29, 1.82) is 0 Å². The average Bonchev–Trinajstić information content (AvgIpc) is 2.52. The van der Waals surface area contributed by atoms with E-state index in [1.807, 2.05) is 31.7 Å². The number of ether oxygens (including phenoxy) is 2. The minimum atomic E-state index is -0.377. The van der Waals surface area contributed by atoms with Gasteiger partial charge in [-0.15, -0.1) is 0 Å². The molecule has 0 saturated carbocycles. The Morgan fingerprint density at radius 2 is 1.80 bits per heavy atom. The molecule has 1 rings (SSSR count). The Bertz CT molecular complexity index is 526. The first-order chi connectivity index (χ1) is 11.6. The standard InChI is InChI=1S/C20H33NO4/c1-8-16(9-2)25-18-13-15(19(23)24-10-3)11-12-17(18)21(14(4)22)20(5,6)7/h11-13,16-18H,8-10H2,1-7H3/t17-,18-/m1/s1. The lowest BCUT2D eigenvalue weighted by atomic mass is 9.93. The highest BCUT2D eigenvalue weighted by Crippen LogP contribution is 2.28. The van der Waals surface area contributed by atoms with Crippen LogP contribution in [0, 0.1) is 0 Å². The SMILES string of the molecule is CCOC(=O)C1=C[C@@H](OC(CC)CC)[C@H](N(C(C)=O)C(C)(C)C)C=C1. The van der Waals surface area contributed by atoms with Crippen molar-refractivity contribution in [2.75, 3.05) is 6.61 Å². The Balaban J connectivity index is 3.20. The van der Waals surface area contributed by atoms with Crippen molar-refractivity contribution in [3.8, 4) is 0 Å². The van der Waals surface area contributed by atoms with Crippen LogP contribution >= 0.6 is 0 Å². The van der Waals surface area contributed by atoms with Crippen LogP contribution in [-0.2, 0) is 19.1 Å². The van der Waals surface area contributed by atoms with E-state index in [2.05, 4.69) is 13.8 Å². The molecule has 0 N–H and O–H groups in total. The van der Waals surface area contributed by atoms with Crippen LogP contribution in [0.2, 0.25) is 0 Å². The molecule has 5 heteroatoms. The summed E-state index contributed by atoms with van der Waals surface area (Å²) in [6.07, 6.45) is 6.86. The fourth-order valence-corrected chi connectivity index (χ4v) is 3.18. The van der Waals surface area contributed by atoms with E-state index in [1.165, 1.54) is 0 Å². The molecule has 0 saturated heterocycles. The van der Waals surface area contributed by atoms with E-state index in [-0.39, 0.29) is 35.7 Å². The van der Waals surface area contributed by atoms with Gasteiger partial charge < -0.3 is 14.4 Å². The van der Waals surface area contributed by atoms with Crippen LogP contribution in [-0.4, -0.2) is 47.2 Å². The smallest absolute Gasteiger partial charge is 0.337 e. The van der Waals surface area contributed by atoms with Gasteiger partial charge in [0.25, 0.3) is 0 Å². The van der Waals surface area contributed by atoms with Crippen molar-refractivity contribution in [2.45, 2.75) is 85.1 Å². The molecule has 25 heavy (non-hydrogen) atoms. The number of carbonyl (C=O) groups is 2. The fraction of sp³-hybridized carbons (Fsp3) is 0.700. The molecular weight excluding hydrogens is 318 g/mol. The Morgan fingerprint density at radius 1 is 1.20 bits per heavy atom. The van der Waals surface area contributed by atoms with Crippen LogP contribution in [0.5, 0.6) is 0 Å². The molecule has 0 unspecified atom stereocenters. The van der Waals surface area contributed by atoms with Gasteiger partial charge in [0.1, 0.15) is 6.10 Å². The van der Waals surface area contributed by atoms with Crippen molar-refractivity contribution in [1.82, 2.24) is 4.90 Å². The predicted molar refractivity (Wildman–Crippen MR) is 99.2 cm³/mol. The maximum atomic E-state index is 12.3. The second-order valence-electron chi connectivity index (χ2n) is 7.29. The third-order valence-electron chi connectivity index (χ3n) is 4.28. The van der Waals surface area contributed by atoms with Crippen molar-refractivity contribution < 1.29 is 19.1 Å². The molecule has 1 aliphatic rings. The van der Waals surface area contributed by atoms with Crippen LogP contribution < -0.4 is 0 Å². The van der Waals surface area contributed by atoms with Gasteiger partial charge in [-0.3, -0.25) is 4.79 Å². The number of carbonyl (C=O) groups excluding carboxylic acids is 2. The molecule has 142 valence electrons. The Morgan fingerprint density at radius 3 is 2.24 bits per heavy atom. The van der Waals surface area contributed by atoms with Crippen molar-refractivity contribution >= 4 is 11.9 Å². The number of nitrogens with zero attached hydrogens (tertiary/aromatic N) is 1. The molecule has 0 heterocycles. The maximum absolute atomic E-state index is 12.3. The zero-order valence-corrected chi connectivity index (χ0v) is 16.7. The van der Waals surface area contributed by atoms with Gasteiger partial charge in [0, 0.05) is 12.5 Å². The van der Waals surface area contributed by atoms with E-state index in [0.717, 1.165) is 12.8 Å². The quantitative estimate of drug-likeness (QED) is 0.657. The first-order valence-electron chi connectivity index (χ1n) is 9.18. The summed E-state index contributed by atoms with van der Waals surface area (Å²) in [4.78, 5) is 26.2. The van der Waals surface area contributed by atoms with Gasteiger partial charge in [-0.2, -0.15) is 0 Å². The molecule has 1 amide bonds. The zero-order chi connectivity index (χ0) is 19.2. The summed E-state index contributed by atoms with van der Waals surface area (Å²) in [6.45, 7) is 13.8. The molecule has 0 aromatic rings. The number of esters is 1. The highest BCUT2D eigenvalue weighted by Gasteiger charge is 2.37. The third-order valence-corrected chi connectivity index (χ3v) is 4.28. The van der Waals surface area contributed by atoms with Gasteiger partial charge >= 0.3 is 5.97 Å². The Labute approximate surface area is 152 Å². The molecule has 0 fully saturated rings. The molecule has 1 aliphatic carbocycles. The highest BCUT2D eigenvalue weighted by atomic mass is 16.5. The van der Waals surface area contributed by atoms with E-state index in [9.17, 15) is 9.59 Å². The molecule has 0 radical (unpaired) electrons. The van der Waals surface area contributed by atoms with E-state index in [0.29, 0.717) is 12.2 Å². The minimum Gasteiger partial charge on any atom is -0.462 e. The molecule has 0 aromatic heterocycles. The van der Waals surface area contributed by atoms with Gasteiger partial charge in [0.15, 0.2) is 0 Å². The first-order valence-corrected chi connectivity index (χ1v) is 9.18. The summed E-state index contributed by atoms with van der Waals surface area (Å²) in [7, 11) is 0. The number of hydrogen-bond acceptors (Lipinski definition) is 4. The second-order valence-corrected chi connectivity index (χ2v) is 7.29. The monoisotopic (exact) mass is 351 g/mol. The zero-order valence-electron chi connectivity index (χ0n) is 16.7. The van der Waals surface area contributed by atoms with Crippen LogP contribution in [0.15, 0.2) is 23.8 Å². The van der Waals surface area contributed by atoms with Crippen molar-refractivity contribution in [3.63, 3.8) is 0 Å². The lowest BCUT2D eigenvalue weighted by Crippen LogP contribution is -2.55. The molecule has 0 spiro atoms. The molecule has 2 atom stereocenters. The van der Waals surface area contributed by atoms with Crippen molar-refractivity contribution in [3.05, 3.63) is 23.8 Å². The summed E-state index contributed by atoms with van der Waals surface area (Å²) in [5.74, 6) is -0.381. The van der Waals surface area contributed by atoms with E-state index < -0.39 is 0 Å². The van der Waals surface area contributed by atoms with Crippen LogP contribution in [0.4, 0.5) is 0 Å². The van der Waals surface area contributed by atoms with Crippen molar-refractivity contribution in [2.24, 2.45) is 0 Å². The van der Waals surface area contributed by atoms with E-state index in [1.54, 1.807) is 26.0 Å². The van der Waals surface area contributed by atoms with Gasteiger partial charge in [0.05, 0.1) is 24.3 Å². The molecular formula is C20H33NO4. The Hall–Kier alpha value is -1.62. The number of hydrogen-bond donors (Lipinski definition) is 0. The van der Waals surface area contributed by atoms with Gasteiger partial charge in [-0.1, -0.05) is 19.9 Å². The van der Waals surface area contributed by atoms with E-state index in [4.69, 9.17) is 9.47 Å². The van der Waals surface area contributed by atoms with Gasteiger partial charge in [-0.25, -0.2) is 4.79 Å². The van der Waals surface area contributed by atoms with Gasteiger partial charge in [0.2, 0.25) is 5.91 Å². The summed E-state index contributed by atoms with van der Waals surface area (Å²) in [5, 5.41) is 0. The number of amides is 1. The fourth-order valence-electron chi connectivity index (χ4n) is 3.18. The normalized spacial score (nSPS) is 20.4. The largest absolute Gasteiger partial charge is 0.462 e. The van der Waals surface area contributed by atoms with E-state index >= 15 is 0 Å². The van der Waals surface area contributed by atoms with Crippen LogP contribution in [0.3, 0.4) is 0 Å². The minimum absolute atomic E-state index is 0.0201. The Kier molecular flexibility index (Phi) is 7.87. The van der Waals surface area contributed by atoms with Crippen LogP contribution in [0.25, 0.3) is 0 Å². The third kappa shape index (κ3) is 5.70. The lowest BCUT2D eigenvalue weighted by Gasteiger charge is -2.44. The van der Waals surface area contributed by atoms with Gasteiger partial charge in [-0.05, 0) is 52.7 Å². The molecule has 0 aromatic carbocycles. The van der Waals surface area contributed by atoms with Crippen LogP contribution in [0.1, 0.15) is 61.3 Å². The second kappa shape index (κ2) is 9.18. The molecule has 0 bridgehead atoms. The maximum Gasteiger partial charge on any atom is 0.337 e. The predicted octanol–water partition coefficient (Wildman–Crippen LogP) is 3.64. The topological polar surface area (TPSA) is 55.8 Å². The molecule has 0 aliphatic heterocycles. The lowest BCUT2D eigenvalue weighted by molar-refractivity contribution is -0.140. The summed E-state index contributed by atoms with van der Waals surface area (Å²) >= 11 is 0.